The van der Waals surface area contributed by atoms with E-state index >= 15 is 0 Å². The van der Waals surface area contributed by atoms with Gasteiger partial charge in [0.25, 0.3) is 0 Å². The van der Waals surface area contributed by atoms with Crippen molar-refractivity contribution < 1.29 is 18.0 Å². The van der Waals surface area contributed by atoms with Gasteiger partial charge < -0.3 is 11.1 Å². The Morgan fingerprint density at radius 1 is 1.30 bits per heavy atom. The molecule has 3 nitrogen and oxygen atoms in total. The van der Waals surface area contributed by atoms with E-state index in [9.17, 15) is 18.0 Å². The van der Waals surface area contributed by atoms with Gasteiger partial charge in [0.2, 0.25) is 5.91 Å². The number of hydrogen-bond donors (Lipinski definition) is 2. The number of nitrogens with one attached hydrogen (secondary N) is 1. The summed E-state index contributed by atoms with van der Waals surface area (Å²) in [4.78, 5) is 11.9. The number of carbonyl (C=O) groups is 1. The van der Waals surface area contributed by atoms with Crippen LogP contribution in [0.25, 0.3) is 0 Å². The van der Waals surface area contributed by atoms with Gasteiger partial charge in [0.1, 0.15) is 0 Å². The smallest absolute Gasteiger partial charge is 0.324 e. The van der Waals surface area contributed by atoms with Crippen LogP contribution in [0.2, 0.25) is 0 Å². The molecule has 0 aliphatic carbocycles. The summed E-state index contributed by atoms with van der Waals surface area (Å²) in [5.41, 5.74) is 4.49. The third-order valence-corrected chi connectivity index (χ3v) is 3.46. The Hall–Kier alpha value is -1.08. The summed E-state index contributed by atoms with van der Waals surface area (Å²) < 4.78 is 38.3. The number of amides is 1. The van der Waals surface area contributed by atoms with Crippen LogP contribution < -0.4 is 11.1 Å². The van der Waals surface area contributed by atoms with E-state index in [0.29, 0.717) is 4.47 Å². The van der Waals surface area contributed by atoms with Gasteiger partial charge in [0.15, 0.2) is 0 Å². The Labute approximate surface area is 123 Å². The number of anilines is 1. The van der Waals surface area contributed by atoms with Crippen molar-refractivity contribution in [1.29, 1.82) is 0 Å². The number of hydrogen-bond acceptors (Lipinski definition) is 2. The molecule has 1 rings (SSSR count). The summed E-state index contributed by atoms with van der Waals surface area (Å²) in [6.45, 7) is 5.33. The van der Waals surface area contributed by atoms with Gasteiger partial charge in [-0.3, -0.25) is 4.79 Å². The van der Waals surface area contributed by atoms with Crippen LogP contribution in [-0.4, -0.2) is 11.9 Å². The van der Waals surface area contributed by atoms with Crippen LogP contribution in [0.4, 0.5) is 18.9 Å². The first-order valence-corrected chi connectivity index (χ1v) is 6.65. The van der Waals surface area contributed by atoms with Crippen LogP contribution in [-0.2, 0) is 11.0 Å². The third kappa shape index (κ3) is 4.21. The fraction of sp³-hybridized carbons (Fsp3) is 0.462. The zero-order valence-corrected chi connectivity index (χ0v) is 12.9. The average Bonchev–Trinajstić information content (AvgIpc) is 2.28. The van der Waals surface area contributed by atoms with Crippen molar-refractivity contribution in [3.8, 4) is 0 Å². The highest BCUT2D eigenvalue weighted by Gasteiger charge is 2.32. The van der Waals surface area contributed by atoms with Crippen molar-refractivity contribution >= 4 is 27.5 Å². The summed E-state index contributed by atoms with van der Waals surface area (Å²) in [5.74, 6) is -0.530. The Bertz CT molecular complexity index is 509. The van der Waals surface area contributed by atoms with E-state index in [2.05, 4.69) is 21.2 Å². The maximum absolute atomic E-state index is 12.6. The predicted octanol–water partition coefficient (Wildman–Crippen LogP) is 3.78. The molecule has 0 saturated carbocycles. The molecule has 1 atom stereocenters. The van der Waals surface area contributed by atoms with Crippen molar-refractivity contribution in [2.45, 2.75) is 33.0 Å². The third-order valence-electron chi connectivity index (χ3n) is 2.77. The second-order valence-corrected chi connectivity index (χ2v) is 6.38. The normalized spacial score (nSPS) is 14.0. The summed E-state index contributed by atoms with van der Waals surface area (Å²) in [7, 11) is 0. The SMILES string of the molecule is CC(C)(C)[C@H](N)C(=O)Nc1cc(C(F)(F)F)ccc1Br. The molecule has 0 fully saturated rings. The highest BCUT2D eigenvalue weighted by Crippen LogP contribution is 2.34. The Morgan fingerprint density at radius 2 is 1.85 bits per heavy atom. The van der Waals surface area contributed by atoms with Crippen LogP contribution in [0.5, 0.6) is 0 Å². The molecule has 0 bridgehead atoms. The van der Waals surface area contributed by atoms with Crippen LogP contribution >= 0.6 is 15.9 Å². The second kappa shape index (κ2) is 5.73. The summed E-state index contributed by atoms with van der Waals surface area (Å²) >= 11 is 3.10. The number of benzene rings is 1. The molecule has 0 unspecified atom stereocenters. The van der Waals surface area contributed by atoms with Crippen LogP contribution in [0, 0.1) is 5.41 Å². The number of rotatable bonds is 2. The topological polar surface area (TPSA) is 55.1 Å². The lowest BCUT2D eigenvalue weighted by molar-refractivity contribution is -0.137. The summed E-state index contributed by atoms with van der Waals surface area (Å²) in [5, 5.41) is 2.42. The van der Waals surface area contributed by atoms with Gasteiger partial charge in [-0.1, -0.05) is 20.8 Å². The van der Waals surface area contributed by atoms with Gasteiger partial charge in [-0.05, 0) is 39.5 Å². The largest absolute Gasteiger partial charge is 0.416 e. The quantitative estimate of drug-likeness (QED) is 0.850. The standard InChI is InChI=1S/C13H16BrF3N2O/c1-12(2,3)10(18)11(20)19-9-6-7(13(15,16)17)4-5-8(9)14/h4-6,10H,18H2,1-3H3,(H,19,20)/t10-/m1/s1. The second-order valence-electron chi connectivity index (χ2n) is 5.53. The van der Waals surface area contributed by atoms with E-state index in [0.717, 1.165) is 12.1 Å². The molecule has 0 aromatic heterocycles. The molecule has 112 valence electrons. The molecule has 0 aliphatic heterocycles. The number of alkyl halides is 3. The minimum atomic E-state index is -4.47. The molecular weight excluding hydrogens is 337 g/mol. The van der Waals surface area contributed by atoms with Crippen LogP contribution in [0.1, 0.15) is 26.3 Å². The molecule has 1 amide bonds. The summed E-state index contributed by atoms with van der Waals surface area (Å²) in [6.07, 6.45) is -4.47. The Balaban J connectivity index is 3.01. The zero-order chi connectivity index (χ0) is 15.7. The Kier molecular flexibility index (Phi) is 4.86. The van der Waals surface area contributed by atoms with Gasteiger partial charge in [-0.25, -0.2) is 0 Å². The van der Waals surface area contributed by atoms with Gasteiger partial charge in [-0.2, -0.15) is 13.2 Å². The minimum Gasteiger partial charge on any atom is -0.324 e. The van der Waals surface area contributed by atoms with Crippen molar-refractivity contribution in [2.75, 3.05) is 5.32 Å². The first-order chi connectivity index (χ1) is 8.93. The molecule has 0 aliphatic rings. The van der Waals surface area contributed by atoms with E-state index in [1.165, 1.54) is 6.07 Å². The molecular formula is C13H16BrF3N2O. The highest BCUT2D eigenvalue weighted by molar-refractivity contribution is 9.10. The van der Waals surface area contributed by atoms with Crippen LogP contribution in [0.15, 0.2) is 22.7 Å². The molecule has 0 radical (unpaired) electrons. The van der Waals surface area contributed by atoms with E-state index in [4.69, 9.17) is 5.73 Å². The first-order valence-electron chi connectivity index (χ1n) is 5.86. The minimum absolute atomic E-state index is 0.0459. The monoisotopic (exact) mass is 352 g/mol. The molecule has 3 N–H and O–H groups in total. The Morgan fingerprint density at radius 3 is 2.30 bits per heavy atom. The predicted molar refractivity (Wildman–Crippen MR) is 75.2 cm³/mol. The summed E-state index contributed by atoms with van der Waals surface area (Å²) in [6, 6.07) is 2.21. The van der Waals surface area contributed by atoms with E-state index < -0.39 is 29.1 Å². The van der Waals surface area contributed by atoms with Crippen LogP contribution in [0.3, 0.4) is 0 Å². The maximum Gasteiger partial charge on any atom is 0.416 e. The molecule has 0 heterocycles. The molecule has 0 spiro atoms. The number of carbonyl (C=O) groups excluding carboxylic acids is 1. The van der Waals surface area contributed by atoms with E-state index in [1.807, 2.05) is 0 Å². The molecule has 20 heavy (non-hydrogen) atoms. The lowest BCUT2D eigenvalue weighted by Gasteiger charge is -2.26. The van der Waals surface area contributed by atoms with Crippen molar-refractivity contribution in [1.82, 2.24) is 0 Å². The fourth-order valence-corrected chi connectivity index (χ4v) is 1.75. The van der Waals surface area contributed by atoms with E-state index in [-0.39, 0.29) is 5.69 Å². The number of halogens is 4. The average molecular weight is 353 g/mol. The maximum atomic E-state index is 12.6. The number of nitrogens with two attached hydrogens (primary N) is 1. The van der Waals surface area contributed by atoms with E-state index in [1.54, 1.807) is 20.8 Å². The molecule has 1 aromatic rings. The first kappa shape index (κ1) is 17.0. The van der Waals surface area contributed by atoms with Gasteiger partial charge in [0, 0.05) is 4.47 Å². The zero-order valence-electron chi connectivity index (χ0n) is 11.3. The van der Waals surface area contributed by atoms with Crippen molar-refractivity contribution in [2.24, 2.45) is 11.1 Å². The van der Waals surface area contributed by atoms with Gasteiger partial charge >= 0.3 is 6.18 Å². The lowest BCUT2D eigenvalue weighted by Crippen LogP contribution is -2.45. The highest BCUT2D eigenvalue weighted by atomic mass is 79.9. The van der Waals surface area contributed by atoms with Gasteiger partial charge in [0.05, 0.1) is 17.3 Å². The molecule has 7 heteroatoms. The fourth-order valence-electron chi connectivity index (χ4n) is 1.40. The lowest BCUT2D eigenvalue weighted by atomic mass is 9.87. The van der Waals surface area contributed by atoms with Gasteiger partial charge in [-0.15, -0.1) is 0 Å². The van der Waals surface area contributed by atoms with Crippen molar-refractivity contribution in [3.05, 3.63) is 28.2 Å². The molecule has 0 saturated heterocycles. The molecule has 1 aromatic carbocycles. The van der Waals surface area contributed by atoms with Crippen molar-refractivity contribution in [3.63, 3.8) is 0 Å².